The first-order chi connectivity index (χ1) is 18.3. The SMILES string of the molecule is COc1cccc(C2/C(=C(/O)c3ccc(OCC(C)C)cc3)C(=O)C(=O)N2c2ccc(C#N)cc2)c1OC. The van der Waals surface area contributed by atoms with Crippen LogP contribution in [0.1, 0.15) is 36.6 Å². The summed E-state index contributed by atoms with van der Waals surface area (Å²) in [5.74, 6) is -0.293. The number of para-hydroxylation sites is 1. The topological polar surface area (TPSA) is 109 Å². The van der Waals surface area contributed by atoms with Crippen LogP contribution in [0, 0.1) is 17.2 Å². The van der Waals surface area contributed by atoms with E-state index in [9.17, 15) is 20.0 Å². The van der Waals surface area contributed by atoms with Gasteiger partial charge in [-0.05, 0) is 60.5 Å². The van der Waals surface area contributed by atoms with Crippen molar-refractivity contribution in [2.75, 3.05) is 25.7 Å². The Morgan fingerprint density at radius 2 is 1.68 bits per heavy atom. The number of ether oxygens (including phenoxy) is 3. The van der Waals surface area contributed by atoms with Crippen molar-refractivity contribution in [3.8, 4) is 23.3 Å². The molecule has 38 heavy (non-hydrogen) atoms. The van der Waals surface area contributed by atoms with E-state index in [1.54, 1.807) is 66.7 Å². The lowest BCUT2D eigenvalue weighted by Gasteiger charge is -2.27. The van der Waals surface area contributed by atoms with Gasteiger partial charge in [0, 0.05) is 16.8 Å². The summed E-state index contributed by atoms with van der Waals surface area (Å²) in [6.07, 6.45) is 0. The summed E-state index contributed by atoms with van der Waals surface area (Å²) < 4.78 is 16.8. The maximum atomic E-state index is 13.5. The molecule has 0 radical (unpaired) electrons. The molecule has 8 heteroatoms. The third-order valence-electron chi connectivity index (χ3n) is 6.16. The van der Waals surface area contributed by atoms with Crippen molar-refractivity contribution in [2.45, 2.75) is 19.9 Å². The Kier molecular flexibility index (Phi) is 7.68. The molecule has 1 amide bonds. The molecule has 1 fully saturated rings. The van der Waals surface area contributed by atoms with Crippen LogP contribution in [0.4, 0.5) is 5.69 Å². The summed E-state index contributed by atoms with van der Waals surface area (Å²) >= 11 is 0. The molecule has 1 unspecified atom stereocenters. The maximum absolute atomic E-state index is 13.5. The van der Waals surface area contributed by atoms with E-state index in [2.05, 4.69) is 0 Å². The molecule has 0 aliphatic carbocycles. The number of nitrogens with zero attached hydrogens (tertiary/aromatic N) is 2. The smallest absolute Gasteiger partial charge is 0.300 e. The third kappa shape index (κ3) is 4.91. The highest BCUT2D eigenvalue weighted by Gasteiger charge is 2.48. The van der Waals surface area contributed by atoms with Crippen LogP contribution < -0.4 is 19.1 Å². The lowest BCUT2D eigenvalue weighted by Crippen LogP contribution is -2.29. The van der Waals surface area contributed by atoms with Gasteiger partial charge in [0.1, 0.15) is 11.5 Å². The Morgan fingerprint density at radius 1 is 1.00 bits per heavy atom. The van der Waals surface area contributed by atoms with Crippen molar-refractivity contribution >= 4 is 23.1 Å². The fourth-order valence-electron chi connectivity index (χ4n) is 4.34. The van der Waals surface area contributed by atoms with Gasteiger partial charge in [-0.3, -0.25) is 14.5 Å². The minimum Gasteiger partial charge on any atom is -0.507 e. The van der Waals surface area contributed by atoms with Gasteiger partial charge >= 0.3 is 0 Å². The summed E-state index contributed by atoms with van der Waals surface area (Å²) in [6, 6.07) is 19.1. The van der Waals surface area contributed by atoms with Gasteiger partial charge in [0.2, 0.25) is 0 Å². The molecule has 0 saturated carbocycles. The number of benzene rings is 3. The van der Waals surface area contributed by atoms with Crippen molar-refractivity contribution in [3.05, 3.63) is 89.0 Å². The van der Waals surface area contributed by atoms with Crippen molar-refractivity contribution in [2.24, 2.45) is 5.92 Å². The van der Waals surface area contributed by atoms with Crippen LogP contribution in [0.5, 0.6) is 17.2 Å². The largest absolute Gasteiger partial charge is 0.507 e. The zero-order chi connectivity index (χ0) is 27.4. The average molecular weight is 513 g/mol. The lowest BCUT2D eigenvalue weighted by molar-refractivity contribution is -0.132. The summed E-state index contributed by atoms with van der Waals surface area (Å²) in [4.78, 5) is 28.2. The van der Waals surface area contributed by atoms with Gasteiger partial charge < -0.3 is 19.3 Å². The van der Waals surface area contributed by atoms with Crippen molar-refractivity contribution < 1.29 is 28.9 Å². The zero-order valence-corrected chi connectivity index (χ0v) is 21.6. The molecule has 194 valence electrons. The molecule has 1 heterocycles. The number of carbonyl (C=O) groups excluding carboxylic acids is 2. The van der Waals surface area contributed by atoms with Gasteiger partial charge in [0.25, 0.3) is 11.7 Å². The van der Waals surface area contributed by atoms with Crippen LogP contribution >= 0.6 is 0 Å². The van der Waals surface area contributed by atoms with Gasteiger partial charge in [-0.1, -0.05) is 26.0 Å². The van der Waals surface area contributed by atoms with Crippen molar-refractivity contribution in [1.82, 2.24) is 0 Å². The third-order valence-corrected chi connectivity index (χ3v) is 6.16. The normalized spacial score (nSPS) is 16.4. The van der Waals surface area contributed by atoms with Gasteiger partial charge in [-0.25, -0.2) is 0 Å². The van der Waals surface area contributed by atoms with E-state index in [0.717, 1.165) is 0 Å². The highest BCUT2D eigenvalue weighted by molar-refractivity contribution is 6.51. The molecule has 1 saturated heterocycles. The Labute approximate surface area is 221 Å². The number of carbonyl (C=O) groups is 2. The zero-order valence-electron chi connectivity index (χ0n) is 21.6. The molecule has 1 aliphatic heterocycles. The summed E-state index contributed by atoms with van der Waals surface area (Å²) in [5.41, 5.74) is 1.50. The number of rotatable bonds is 8. The fraction of sp³-hybridized carbons (Fsp3) is 0.233. The van der Waals surface area contributed by atoms with E-state index >= 15 is 0 Å². The molecule has 1 aliphatic rings. The molecule has 0 bridgehead atoms. The van der Waals surface area contributed by atoms with E-state index in [-0.39, 0.29) is 11.3 Å². The molecule has 0 aromatic heterocycles. The van der Waals surface area contributed by atoms with E-state index in [1.165, 1.54) is 19.1 Å². The van der Waals surface area contributed by atoms with E-state index < -0.39 is 17.7 Å². The molecule has 3 aromatic carbocycles. The minimum atomic E-state index is -1.02. The number of anilines is 1. The Morgan fingerprint density at radius 3 is 2.26 bits per heavy atom. The first-order valence-corrected chi connectivity index (χ1v) is 12.1. The molecule has 0 spiro atoms. The standard InChI is InChI=1S/C30H28N2O6/c1-18(2)17-38-22-14-10-20(11-15-22)27(33)25-26(23-6-5-7-24(36-3)29(23)37-4)32(30(35)28(25)34)21-12-8-19(16-31)9-13-21/h5-15,18,26,33H,17H2,1-4H3/b27-25-. The van der Waals surface area contributed by atoms with E-state index in [0.29, 0.717) is 52.2 Å². The fourth-order valence-corrected chi connectivity index (χ4v) is 4.34. The minimum absolute atomic E-state index is 0.0956. The second-order valence-electron chi connectivity index (χ2n) is 9.14. The van der Waals surface area contributed by atoms with Crippen LogP contribution in [0.3, 0.4) is 0 Å². The van der Waals surface area contributed by atoms with Crippen LogP contribution in [0.25, 0.3) is 5.76 Å². The highest BCUT2D eigenvalue weighted by atomic mass is 16.5. The summed E-state index contributed by atoms with van der Waals surface area (Å²) in [5, 5.41) is 20.6. The van der Waals surface area contributed by atoms with E-state index in [1.807, 2.05) is 19.9 Å². The van der Waals surface area contributed by atoms with Crippen LogP contribution in [-0.2, 0) is 9.59 Å². The number of aliphatic hydroxyl groups excluding tert-OH is 1. The lowest BCUT2D eigenvalue weighted by atomic mass is 9.94. The first-order valence-electron chi connectivity index (χ1n) is 12.1. The Bertz CT molecular complexity index is 1420. The average Bonchev–Trinajstić information content (AvgIpc) is 3.20. The van der Waals surface area contributed by atoms with Gasteiger partial charge in [0.15, 0.2) is 11.5 Å². The number of ketones is 1. The summed E-state index contributed by atoms with van der Waals surface area (Å²) in [7, 11) is 2.95. The van der Waals surface area contributed by atoms with E-state index in [4.69, 9.17) is 14.2 Å². The quantitative estimate of drug-likeness (QED) is 0.250. The molecular formula is C30H28N2O6. The van der Waals surface area contributed by atoms with Gasteiger partial charge in [0.05, 0.1) is 44.1 Å². The number of hydrogen-bond donors (Lipinski definition) is 1. The predicted octanol–water partition coefficient (Wildman–Crippen LogP) is 5.24. The molecule has 3 aromatic rings. The van der Waals surface area contributed by atoms with Gasteiger partial charge in [-0.15, -0.1) is 0 Å². The molecule has 8 nitrogen and oxygen atoms in total. The molecule has 1 atom stereocenters. The molecular weight excluding hydrogens is 484 g/mol. The molecule has 4 rings (SSSR count). The van der Waals surface area contributed by atoms with Crippen LogP contribution in [-0.4, -0.2) is 37.6 Å². The van der Waals surface area contributed by atoms with Gasteiger partial charge in [-0.2, -0.15) is 5.26 Å². The summed E-state index contributed by atoms with van der Waals surface area (Å²) in [6.45, 7) is 4.62. The second kappa shape index (κ2) is 11.1. The van der Waals surface area contributed by atoms with Crippen LogP contribution in [0.2, 0.25) is 0 Å². The molecule has 1 N–H and O–H groups in total. The second-order valence-corrected chi connectivity index (χ2v) is 9.14. The predicted molar refractivity (Wildman–Crippen MR) is 142 cm³/mol. The number of aliphatic hydroxyl groups is 1. The van der Waals surface area contributed by atoms with Crippen LogP contribution in [0.15, 0.2) is 72.3 Å². The number of Topliss-reactive ketones (excluding diaryl/α,β-unsaturated/α-hetero) is 1. The Balaban J connectivity index is 1.89. The van der Waals surface area contributed by atoms with Crippen molar-refractivity contribution in [1.29, 1.82) is 5.26 Å². The monoisotopic (exact) mass is 512 g/mol. The number of methoxy groups -OCH3 is 2. The number of amides is 1. The van der Waals surface area contributed by atoms with Crippen molar-refractivity contribution in [3.63, 3.8) is 0 Å². The number of hydrogen-bond acceptors (Lipinski definition) is 7. The Hall–Kier alpha value is -4.77. The highest BCUT2D eigenvalue weighted by Crippen LogP contribution is 2.47. The number of nitriles is 1. The maximum Gasteiger partial charge on any atom is 0.300 e. The first kappa shape index (κ1) is 26.3.